The van der Waals surface area contributed by atoms with Crippen LogP contribution in [0.5, 0.6) is 0 Å². The average Bonchev–Trinajstić information content (AvgIpc) is 2.91. The number of hydrogen-bond acceptors (Lipinski definition) is 3. The Balaban J connectivity index is 2.59. The van der Waals surface area contributed by atoms with Crippen LogP contribution in [0.1, 0.15) is 44.9 Å². The van der Waals surface area contributed by atoms with Crippen LogP contribution in [-0.4, -0.2) is 25.3 Å². The predicted octanol–water partition coefficient (Wildman–Crippen LogP) is 3.86. The van der Waals surface area contributed by atoms with Crippen LogP contribution < -0.4 is 5.32 Å². The molecule has 2 unspecified atom stereocenters. The number of methoxy groups -OCH3 is 1. The Kier molecular flexibility index (Phi) is 6.90. The van der Waals surface area contributed by atoms with Crippen LogP contribution in [-0.2, 0) is 11.2 Å². The summed E-state index contributed by atoms with van der Waals surface area (Å²) in [4.78, 5) is 1.47. The second kappa shape index (κ2) is 7.93. The van der Waals surface area contributed by atoms with Gasteiger partial charge in [0.15, 0.2) is 0 Å². The molecule has 0 aliphatic rings. The summed E-state index contributed by atoms with van der Waals surface area (Å²) in [5.74, 6) is 0. The molecule has 104 valence electrons. The Bertz CT molecular complexity index is 306. The number of thiophene rings is 1. The monoisotopic (exact) mass is 269 g/mol. The molecular weight excluding hydrogens is 242 g/mol. The lowest BCUT2D eigenvalue weighted by molar-refractivity contribution is -0.0308. The van der Waals surface area contributed by atoms with E-state index >= 15 is 0 Å². The minimum atomic E-state index is -0.0631. The summed E-state index contributed by atoms with van der Waals surface area (Å²) in [6, 6.07) is 4.77. The molecule has 18 heavy (non-hydrogen) atoms. The molecule has 0 aliphatic heterocycles. The van der Waals surface area contributed by atoms with Gasteiger partial charge in [-0.2, -0.15) is 0 Å². The molecule has 0 fully saturated rings. The van der Waals surface area contributed by atoms with Crippen LogP contribution in [0, 0.1) is 0 Å². The molecule has 1 aromatic rings. The van der Waals surface area contributed by atoms with E-state index in [4.69, 9.17) is 4.74 Å². The topological polar surface area (TPSA) is 21.3 Å². The Morgan fingerprint density at radius 1 is 1.44 bits per heavy atom. The van der Waals surface area contributed by atoms with Gasteiger partial charge in [0, 0.05) is 18.0 Å². The SMILES string of the molecule is CCCNC(CCc1cccs1)C(C)(CC)OC. The summed E-state index contributed by atoms with van der Waals surface area (Å²) in [7, 11) is 1.83. The summed E-state index contributed by atoms with van der Waals surface area (Å²) >= 11 is 1.85. The summed E-state index contributed by atoms with van der Waals surface area (Å²) in [6.45, 7) is 7.69. The van der Waals surface area contributed by atoms with E-state index in [0.717, 1.165) is 25.8 Å². The molecule has 0 amide bonds. The second-order valence-electron chi connectivity index (χ2n) is 5.00. The number of ether oxygens (including phenoxy) is 1. The van der Waals surface area contributed by atoms with Gasteiger partial charge in [-0.3, -0.25) is 0 Å². The summed E-state index contributed by atoms with van der Waals surface area (Å²) in [5, 5.41) is 5.81. The number of nitrogens with one attached hydrogen (secondary N) is 1. The first kappa shape index (κ1) is 15.7. The van der Waals surface area contributed by atoms with Crippen molar-refractivity contribution in [2.24, 2.45) is 0 Å². The quantitative estimate of drug-likeness (QED) is 0.735. The van der Waals surface area contributed by atoms with Gasteiger partial charge in [0.2, 0.25) is 0 Å². The maximum Gasteiger partial charge on any atom is 0.0800 e. The van der Waals surface area contributed by atoms with E-state index in [9.17, 15) is 0 Å². The van der Waals surface area contributed by atoms with Crippen LogP contribution in [0.25, 0.3) is 0 Å². The molecule has 1 N–H and O–H groups in total. The van der Waals surface area contributed by atoms with Gasteiger partial charge in [0.25, 0.3) is 0 Å². The normalized spacial score (nSPS) is 16.4. The molecule has 0 bridgehead atoms. The van der Waals surface area contributed by atoms with Crippen molar-refractivity contribution in [3.63, 3.8) is 0 Å². The molecule has 2 nitrogen and oxygen atoms in total. The van der Waals surface area contributed by atoms with E-state index in [-0.39, 0.29) is 5.60 Å². The largest absolute Gasteiger partial charge is 0.377 e. The van der Waals surface area contributed by atoms with Gasteiger partial charge >= 0.3 is 0 Å². The first-order valence-electron chi connectivity index (χ1n) is 6.97. The van der Waals surface area contributed by atoms with Crippen molar-refractivity contribution in [1.29, 1.82) is 0 Å². The van der Waals surface area contributed by atoms with Crippen molar-refractivity contribution in [3.05, 3.63) is 22.4 Å². The molecule has 0 radical (unpaired) electrons. The lowest BCUT2D eigenvalue weighted by Gasteiger charge is -2.36. The van der Waals surface area contributed by atoms with Gasteiger partial charge < -0.3 is 10.1 Å². The molecule has 0 aromatic carbocycles. The fourth-order valence-corrected chi connectivity index (χ4v) is 2.94. The smallest absolute Gasteiger partial charge is 0.0800 e. The van der Waals surface area contributed by atoms with Gasteiger partial charge in [-0.25, -0.2) is 0 Å². The summed E-state index contributed by atoms with van der Waals surface area (Å²) in [6.07, 6.45) is 4.48. The third kappa shape index (κ3) is 4.38. The van der Waals surface area contributed by atoms with Crippen LogP contribution in [0.4, 0.5) is 0 Å². The van der Waals surface area contributed by atoms with Crippen molar-refractivity contribution in [2.45, 2.75) is 58.1 Å². The molecule has 1 heterocycles. The fraction of sp³-hybridized carbons (Fsp3) is 0.733. The Labute approximate surface area is 116 Å². The van der Waals surface area contributed by atoms with E-state index in [1.807, 2.05) is 18.4 Å². The zero-order valence-electron chi connectivity index (χ0n) is 12.2. The van der Waals surface area contributed by atoms with Crippen molar-refractivity contribution >= 4 is 11.3 Å². The lowest BCUT2D eigenvalue weighted by atomic mass is 9.89. The van der Waals surface area contributed by atoms with E-state index in [1.54, 1.807) is 0 Å². The van der Waals surface area contributed by atoms with Crippen molar-refractivity contribution in [2.75, 3.05) is 13.7 Å². The molecule has 1 aromatic heterocycles. The highest BCUT2D eigenvalue weighted by Gasteiger charge is 2.31. The van der Waals surface area contributed by atoms with Crippen LogP contribution >= 0.6 is 11.3 Å². The predicted molar refractivity (Wildman–Crippen MR) is 80.4 cm³/mol. The molecule has 0 aliphatic carbocycles. The molecule has 1 rings (SSSR count). The third-order valence-electron chi connectivity index (χ3n) is 3.81. The second-order valence-corrected chi connectivity index (χ2v) is 6.03. The van der Waals surface area contributed by atoms with Crippen LogP contribution in [0.15, 0.2) is 17.5 Å². The van der Waals surface area contributed by atoms with Gasteiger partial charge in [0.1, 0.15) is 0 Å². The number of aryl methyl sites for hydroxylation is 1. The van der Waals surface area contributed by atoms with E-state index in [2.05, 4.69) is 43.6 Å². The first-order valence-corrected chi connectivity index (χ1v) is 7.85. The third-order valence-corrected chi connectivity index (χ3v) is 4.74. The number of hydrogen-bond donors (Lipinski definition) is 1. The minimum absolute atomic E-state index is 0.0631. The molecule has 3 heteroatoms. The average molecular weight is 269 g/mol. The maximum absolute atomic E-state index is 5.76. The van der Waals surface area contributed by atoms with E-state index in [0.29, 0.717) is 6.04 Å². The highest BCUT2D eigenvalue weighted by atomic mass is 32.1. The highest BCUT2D eigenvalue weighted by molar-refractivity contribution is 7.09. The van der Waals surface area contributed by atoms with Gasteiger partial charge in [-0.15, -0.1) is 11.3 Å². The molecule has 2 atom stereocenters. The Morgan fingerprint density at radius 3 is 2.72 bits per heavy atom. The van der Waals surface area contributed by atoms with Crippen molar-refractivity contribution in [3.8, 4) is 0 Å². The van der Waals surface area contributed by atoms with Crippen LogP contribution in [0.3, 0.4) is 0 Å². The fourth-order valence-electron chi connectivity index (χ4n) is 2.22. The van der Waals surface area contributed by atoms with Gasteiger partial charge in [0.05, 0.1) is 5.60 Å². The molecular formula is C15H27NOS. The Hall–Kier alpha value is -0.380. The maximum atomic E-state index is 5.76. The standard InChI is InChI=1S/C15H27NOS/c1-5-11-16-14(15(3,6-2)17-4)10-9-13-8-7-12-18-13/h7-8,12,14,16H,5-6,9-11H2,1-4H3. The Morgan fingerprint density at radius 2 is 2.22 bits per heavy atom. The minimum Gasteiger partial charge on any atom is -0.377 e. The highest BCUT2D eigenvalue weighted by Crippen LogP contribution is 2.24. The molecule has 0 spiro atoms. The first-order chi connectivity index (χ1) is 8.66. The van der Waals surface area contributed by atoms with Crippen molar-refractivity contribution < 1.29 is 4.74 Å². The lowest BCUT2D eigenvalue weighted by Crippen LogP contribution is -2.50. The number of rotatable bonds is 9. The van der Waals surface area contributed by atoms with Crippen molar-refractivity contribution in [1.82, 2.24) is 5.32 Å². The van der Waals surface area contributed by atoms with Crippen LogP contribution in [0.2, 0.25) is 0 Å². The summed E-state index contributed by atoms with van der Waals surface area (Å²) in [5.41, 5.74) is -0.0631. The molecule has 0 saturated heterocycles. The van der Waals surface area contributed by atoms with E-state index < -0.39 is 0 Å². The van der Waals surface area contributed by atoms with Gasteiger partial charge in [-0.05, 0) is 50.6 Å². The molecule has 0 saturated carbocycles. The van der Waals surface area contributed by atoms with Gasteiger partial charge in [-0.1, -0.05) is 19.9 Å². The van der Waals surface area contributed by atoms with E-state index in [1.165, 1.54) is 11.3 Å². The zero-order valence-corrected chi connectivity index (χ0v) is 13.0. The zero-order chi connectivity index (χ0) is 13.4. The summed E-state index contributed by atoms with van der Waals surface area (Å²) < 4.78 is 5.76.